The van der Waals surface area contributed by atoms with Crippen molar-refractivity contribution in [3.05, 3.63) is 70.4 Å². The smallest absolute Gasteiger partial charge is 0.337 e. The van der Waals surface area contributed by atoms with Gasteiger partial charge in [0.1, 0.15) is 17.7 Å². The summed E-state index contributed by atoms with van der Waals surface area (Å²) >= 11 is 0. The maximum atomic E-state index is 11.3. The van der Waals surface area contributed by atoms with E-state index in [1.165, 1.54) is 11.6 Å². The van der Waals surface area contributed by atoms with Crippen LogP contribution in [0.3, 0.4) is 0 Å². The summed E-state index contributed by atoms with van der Waals surface area (Å²) in [5.41, 5.74) is 1.96. The van der Waals surface area contributed by atoms with Crippen LogP contribution in [-0.4, -0.2) is 44.3 Å². The summed E-state index contributed by atoms with van der Waals surface area (Å²) < 4.78 is 0. The van der Waals surface area contributed by atoms with Crippen LogP contribution in [0.2, 0.25) is 0 Å². The maximum Gasteiger partial charge on any atom is 0.337 e. The zero-order valence-corrected chi connectivity index (χ0v) is 16.7. The van der Waals surface area contributed by atoms with Crippen LogP contribution in [-0.2, 0) is 6.42 Å². The number of carboxylic acid groups (broad SMARTS) is 1. The summed E-state index contributed by atoms with van der Waals surface area (Å²) in [7, 11) is 0. The number of rotatable bonds is 5. The van der Waals surface area contributed by atoms with Gasteiger partial charge in [0.2, 0.25) is 0 Å². The second kappa shape index (κ2) is 8.33. The van der Waals surface area contributed by atoms with Crippen molar-refractivity contribution in [2.24, 2.45) is 0 Å². The molecule has 8 heteroatoms. The van der Waals surface area contributed by atoms with Gasteiger partial charge in [-0.15, -0.1) is 0 Å². The van der Waals surface area contributed by atoms with Crippen LogP contribution in [0.25, 0.3) is 0 Å². The van der Waals surface area contributed by atoms with E-state index in [0.29, 0.717) is 30.2 Å². The van der Waals surface area contributed by atoms with Gasteiger partial charge in [0.15, 0.2) is 5.82 Å². The summed E-state index contributed by atoms with van der Waals surface area (Å²) in [6.07, 6.45) is 2.40. The fourth-order valence-corrected chi connectivity index (χ4v) is 3.84. The molecule has 1 saturated heterocycles. The van der Waals surface area contributed by atoms with Crippen molar-refractivity contribution >= 4 is 11.8 Å². The lowest BCUT2D eigenvalue weighted by Gasteiger charge is -2.32. The minimum atomic E-state index is -1.07. The first-order chi connectivity index (χ1) is 14.5. The number of piperidine rings is 1. The van der Waals surface area contributed by atoms with Crippen LogP contribution in [0, 0.1) is 18.3 Å². The summed E-state index contributed by atoms with van der Waals surface area (Å²) in [5, 5.41) is 26.2. The molecule has 0 amide bonds. The van der Waals surface area contributed by atoms with Gasteiger partial charge in [-0.1, -0.05) is 30.3 Å². The number of carboxylic acids is 1. The molecule has 0 bridgehead atoms. The number of benzene rings is 1. The number of aromatic nitrogens is 4. The molecule has 0 atom stereocenters. The molecule has 8 nitrogen and oxygen atoms in total. The molecule has 1 fully saturated rings. The normalized spacial score (nSPS) is 14.5. The average Bonchev–Trinajstić information content (AvgIpc) is 3.22. The molecule has 3 aromatic rings. The van der Waals surface area contributed by atoms with Gasteiger partial charge in [-0.2, -0.15) is 10.4 Å². The highest BCUT2D eigenvalue weighted by atomic mass is 16.4. The molecule has 1 aliphatic heterocycles. The van der Waals surface area contributed by atoms with E-state index >= 15 is 0 Å². The molecule has 2 N–H and O–H groups in total. The Labute approximate surface area is 174 Å². The van der Waals surface area contributed by atoms with Gasteiger partial charge in [0, 0.05) is 25.4 Å². The van der Waals surface area contributed by atoms with E-state index in [9.17, 15) is 15.2 Å². The molecule has 0 radical (unpaired) electrons. The highest BCUT2D eigenvalue weighted by Gasteiger charge is 2.27. The molecule has 2 aromatic heterocycles. The maximum absolute atomic E-state index is 11.3. The van der Waals surface area contributed by atoms with Crippen molar-refractivity contribution in [3.63, 3.8) is 0 Å². The summed E-state index contributed by atoms with van der Waals surface area (Å²) in [6, 6.07) is 13.6. The van der Waals surface area contributed by atoms with Gasteiger partial charge >= 0.3 is 5.97 Å². The lowest BCUT2D eigenvalue weighted by atomic mass is 9.95. The molecule has 0 unspecified atom stereocenters. The number of carbonyl (C=O) groups is 1. The quantitative estimate of drug-likeness (QED) is 0.673. The highest BCUT2D eigenvalue weighted by Crippen LogP contribution is 2.30. The van der Waals surface area contributed by atoms with E-state index < -0.39 is 5.97 Å². The molecule has 1 aliphatic rings. The molecule has 3 heterocycles. The Kier molecular flexibility index (Phi) is 5.44. The third-order valence-electron chi connectivity index (χ3n) is 5.47. The van der Waals surface area contributed by atoms with Gasteiger partial charge in [0.25, 0.3) is 0 Å². The first kappa shape index (κ1) is 19.6. The largest absolute Gasteiger partial charge is 0.478 e. The van der Waals surface area contributed by atoms with Crippen LogP contribution in [0.15, 0.2) is 36.4 Å². The van der Waals surface area contributed by atoms with Crippen LogP contribution in [0.5, 0.6) is 0 Å². The number of hydrogen-bond donors (Lipinski definition) is 2. The Hall–Kier alpha value is -3.73. The molecule has 0 saturated carbocycles. The van der Waals surface area contributed by atoms with Crippen LogP contribution in [0.4, 0.5) is 5.82 Å². The molecule has 4 rings (SSSR count). The van der Waals surface area contributed by atoms with Gasteiger partial charge in [-0.05, 0) is 31.4 Å². The van der Waals surface area contributed by atoms with E-state index in [1.54, 1.807) is 6.92 Å². The average molecular weight is 402 g/mol. The number of H-pyrrole nitrogens is 1. The molecular weight excluding hydrogens is 380 g/mol. The topological polar surface area (TPSA) is 119 Å². The van der Waals surface area contributed by atoms with Crippen LogP contribution < -0.4 is 4.90 Å². The van der Waals surface area contributed by atoms with E-state index in [0.717, 1.165) is 30.9 Å². The Morgan fingerprint density at radius 3 is 2.67 bits per heavy atom. The predicted octanol–water partition coefficient (Wildman–Crippen LogP) is 3.05. The number of nitrogens with zero attached hydrogens (tertiary/aromatic N) is 5. The van der Waals surface area contributed by atoms with Gasteiger partial charge < -0.3 is 10.0 Å². The first-order valence-electron chi connectivity index (χ1n) is 9.90. The van der Waals surface area contributed by atoms with Crippen molar-refractivity contribution < 1.29 is 9.90 Å². The monoisotopic (exact) mass is 402 g/mol. The number of pyridine rings is 1. The number of anilines is 1. The number of aryl methyl sites for hydroxylation is 1. The number of aromatic carboxylic acids is 1. The van der Waals surface area contributed by atoms with Gasteiger partial charge in [0.05, 0.1) is 16.8 Å². The predicted molar refractivity (Wildman–Crippen MR) is 110 cm³/mol. The van der Waals surface area contributed by atoms with Crippen LogP contribution in [0.1, 0.15) is 57.6 Å². The standard InChI is InChI=1S/C22H22N6O2/c1-14-18(22(29)30)12-17(13-23)21(24-14)28-9-7-16(8-10-28)20-25-19(26-27-20)11-15-5-3-2-4-6-15/h2-6,12,16H,7-11H2,1H3,(H,29,30)(H,25,26,27). The van der Waals surface area contributed by atoms with Crippen molar-refractivity contribution in [2.45, 2.75) is 32.1 Å². The molecule has 152 valence electrons. The number of nitrogens with one attached hydrogen (secondary N) is 1. The molecular formula is C22H22N6O2. The lowest BCUT2D eigenvalue weighted by molar-refractivity contribution is 0.0695. The van der Waals surface area contributed by atoms with Crippen molar-refractivity contribution in [1.29, 1.82) is 5.26 Å². The minimum Gasteiger partial charge on any atom is -0.478 e. The SMILES string of the molecule is Cc1nc(N2CCC(c3n[nH]c(Cc4ccccc4)n3)CC2)c(C#N)cc1C(=O)O. The number of aromatic amines is 1. The van der Waals surface area contributed by atoms with Crippen molar-refractivity contribution in [2.75, 3.05) is 18.0 Å². The minimum absolute atomic E-state index is 0.0665. The summed E-state index contributed by atoms with van der Waals surface area (Å²) in [4.78, 5) is 22.5. The summed E-state index contributed by atoms with van der Waals surface area (Å²) in [5.74, 6) is 1.40. The van der Waals surface area contributed by atoms with Crippen LogP contribution >= 0.6 is 0 Å². The zero-order valence-electron chi connectivity index (χ0n) is 16.7. The zero-order chi connectivity index (χ0) is 21.1. The Balaban J connectivity index is 1.44. The third-order valence-corrected chi connectivity index (χ3v) is 5.47. The van der Waals surface area contributed by atoms with E-state index in [4.69, 9.17) is 0 Å². The first-order valence-corrected chi connectivity index (χ1v) is 9.90. The van der Waals surface area contributed by atoms with E-state index in [1.807, 2.05) is 23.1 Å². The molecule has 30 heavy (non-hydrogen) atoms. The Morgan fingerprint density at radius 1 is 1.27 bits per heavy atom. The summed E-state index contributed by atoms with van der Waals surface area (Å²) in [6.45, 7) is 3.07. The third kappa shape index (κ3) is 4.01. The van der Waals surface area contributed by atoms with Gasteiger partial charge in [-0.25, -0.2) is 14.8 Å². The van der Waals surface area contributed by atoms with E-state index in [-0.39, 0.29) is 11.5 Å². The number of hydrogen-bond acceptors (Lipinski definition) is 6. The van der Waals surface area contributed by atoms with Gasteiger partial charge in [-0.3, -0.25) is 5.10 Å². The highest BCUT2D eigenvalue weighted by molar-refractivity contribution is 5.89. The second-order valence-corrected chi connectivity index (χ2v) is 7.47. The lowest BCUT2D eigenvalue weighted by Crippen LogP contribution is -2.34. The van der Waals surface area contributed by atoms with E-state index in [2.05, 4.69) is 38.4 Å². The van der Waals surface area contributed by atoms with Crippen molar-refractivity contribution in [3.8, 4) is 6.07 Å². The second-order valence-electron chi connectivity index (χ2n) is 7.47. The fraction of sp³-hybridized carbons (Fsp3) is 0.318. The molecule has 0 spiro atoms. The molecule has 0 aliphatic carbocycles. The Bertz CT molecular complexity index is 1090. The molecule has 1 aromatic carbocycles. The fourth-order valence-electron chi connectivity index (χ4n) is 3.84. The van der Waals surface area contributed by atoms with Crippen molar-refractivity contribution in [1.82, 2.24) is 20.2 Å². The Morgan fingerprint density at radius 2 is 2.00 bits per heavy atom. The number of nitriles is 1.